The number of carbonyl (C=O) groups excluding carboxylic acids is 1. The number of hydrogen-bond acceptors (Lipinski definition) is 4. The fourth-order valence-corrected chi connectivity index (χ4v) is 2.37. The van der Waals surface area contributed by atoms with Crippen molar-refractivity contribution in [2.75, 3.05) is 27.9 Å². The molecule has 2 rings (SSSR count). The van der Waals surface area contributed by atoms with E-state index in [2.05, 4.69) is 10.6 Å². The van der Waals surface area contributed by atoms with Crippen LogP contribution in [0, 0.1) is 0 Å². The van der Waals surface area contributed by atoms with Crippen LogP contribution in [0.2, 0.25) is 0 Å². The Labute approximate surface area is 153 Å². The van der Waals surface area contributed by atoms with Gasteiger partial charge in [-0.05, 0) is 47.9 Å². The molecular formula is C20H24N2O4. The van der Waals surface area contributed by atoms with Gasteiger partial charge in [0, 0.05) is 12.7 Å². The largest absolute Gasteiger partial charge is 0.497 e. The van der Waals surface area contributed by atoms with Gasteiger partial charge in [-0.25, -0.2) is 4.79 Å². The van der Waals surface area contributed by atoms with E-state index in [0.717, 1.165) is 16.9 Å². The van der Waals surface area contributed by atoms with Crippen molar-refractivity contribution in [1.29, 1.82) is 0 Å². The monoisotopic (exact) mass is 356 g/mol. The first-order valence-corrected chi connectivity index (χ1v) is 8.22. The maximum atomic E-state index is 11.8. The van der Waals surface area contributed by atoms with Crippen molar-refractivity contribution in [3.05, 3.63) is 59.8 Å². The predicted molar refractivity (Wildman–Crippen MR) is 102 cm³/mol. The van der Waals surface area contributed by atoms with Gasteiger partial charge in [0.1, 0.15) is 5.75 Å². The van der Waals surface area contributed by atoms with Gasteiger partial charge >= 0.3 is 6.03 Å². The van der Waals surface area contributed by atoms with Gasteiger partial charge in [0.2, 0.25) is 0 Å². The summed E-state index contributed by atoms with van der Waals surface area (Å²) in [6.45, 7) is 0.508. The predicted octanol–water partition coefficient (Wildman–Crippen LogP) is 3.23. The molecule has 0 atom stereocenters. The lowest BCUT2D eigenvalue weighted by Crippen LogP contribution is -2.33. The molecule has 2 aromatic carbocycles. The van der Waals surface area contributed by atoms with Crippen molar-refractivity contribution in [2.45, 2.75) is 6.42 Å². The highest BCUT2D eigenvalue weighted by atomic mass is 16.5. The van der Waals surface area contributed by atoms with E-state index >= 15 is 0 Å². The number of hydrogen-bond donors (Lipinski definition) is 2. The number of urea groups is 1. The molecule has 0 saturated heterocycles. The Morgan fingerprint density at radius 2 is 1.81 bits per heavy atom. The van der Waals surface area contributed by atoms with Gasteiger partial charge < -0.3 is 24.8 Å². The first kappa shape index (κ1) is 19.2. The molecule has 26 heavy (non-hydrogen) atoms. The summed E-state index contributed by atoms with van der Waals surface area (Å²) in [6, 6.07) is 13.0. The summed E-state index contributed by atoms with van der Waals surface area (Å²) in [6.07, 6.45) is 4.09. The Kier molecular flexibility index (Phi) is 7.36. The Morgan fingerprint density at radius 1 is 1.00 bits per heavy atom. The van der Waals surface area contributed by atoms with Crippen molar-refractivity contribution >= 4 is 12.1 Å². The molecule has 0 spiro atoms. The van der Waals surface area contributed by atoms with Crippen LogP contribution >= 0.6 is 0 Å². The van der Waals surface area contributed by atoms with Gasteiger partial charge in [-0.1, -0.05) is 18.2 Å². The minimum atomic E-state index is -0.260. The van der Waals surface area contributed by atoms with Gasteiger partial charge in [0.25, 0.3) is 0 Å². The zero-order chi connectivity index (χ0) is 18.8. The summed E-state index contributed by atoms with van der Waals surface area (Å²) in [7, 11) is 4.82. The molecule has 2 N–H and O–H groups in total. The van der Waals surface area contributed by atoms with Crippen molar-refractivity contribution in [3.8, 4) is 17.2 Å². The highest BCUT2D eigenvalue weighted by Gasteiger charge is 2.05. The van der Waals surface area contributed by atoms with Crippen molar-refractivity contribution in [3.63, 3.8) is 0 Å². The van der Waals surface area contributed by atoms with Crippen LogP contribution in [0.25, 0.3) is 6.08 Å². The third kappa shape index (κ3) is 5.73. The summed E-state index contributed by atoms with van der Waals surface area (Å²) in [5.41, 5.74) is 1.99. The van der Waals surface area contributed by atoms with E-state index in [9.17, 15) is 4.79 Å². The topological polar surface area (TPSA) is 68.8 Å². The molecule has 0 aliphatic heterocycles. The van der Waals surface area contributed by atoms with Crippen LogP contribution in [-0.4, -0.2) is 33.9 Å². The van der Waals surface area contributed by atoms with Crippen LogP contribution in [0.4, 0.5) is 4.79 Å². The second-order valence-electron chi connectivity index (χ2n) is 5.45. The van der Waals surface area contributed by atoms with E-state index in [4.69, 9.17) is 14.2 Å². The third-order valence-corrected chi connectivity index (χ3v) is 3.73. The molecule has 0 aliphatic carbocycles. The molecule has 0 aliphatic rings. The van der Waals surface area contributed by atoms with E-state index in [1.807, 2.05) is 42.5 Å². The Bertz CT molecular complexity index is 759. The Hall–Kier alpha value is -3.15. The van der Waals surface area contributed by atoms with E-state index in [1.54, 1.807) is 33.6 Å². The summed E-state index contributed by atoms with van der Waals surface area (Å²) in [4.78, 5) is 11.8. The van der Waals surface area contributed by atoms with Gasteiger partial charge in [-0.2, -0.15) is 0 Å². The molecule has 0 bridgehead atoms. The molecule has 2 amide bonds. The van der Waals surface area contributed by atoms with E-state index in [1.165, 1.54) is 0 Å². The van der Waals surface area contributed by atoms with Crippen LogP contribution in [0.3, 0.4) is 0 Å². The van der Waals surface area contributed by atoms with E-state index in [0.29, 0.717) is 24.5 Å². The van der Waals surface area contributed by atoms with Crippen LogP contribution in [0.5, 0.6) is 17.2 Å². The molecule has 6 nitrogen and oxygen atoms in total. The van der Waals surface area contributed by atoms with Crippen LogP contribution in [0.1, 0.15) is 11.1 Å². The molecule has 2 aromatic rings. The smallest absolute Gasteiger partial charge is 0.318 e. The van der Waals surface area contributed by atoms with E-state index < -0.39 is 0 Å². The molecule has 0 fully saturated rings. The molecule has 0 aromatic heterocycles. The number of carbonyl (C=O) groups is 1. The third-order valence-electron chi connectivity index (χ3n) is 3.73. The molecule has 0 saturated carbocycles. The zero-order valence-electron chi connectivity index (χ0n) is 15.2. The summed E-state index contributed by atoms with van der Waals surface area (Å²) >= 11 is 0. The van der Waals surface area contributed by atoms with Crippen molar-refractivity contribution in [1.82, 2.24) is 10.6 Å². The Morgan fingerprint density at radius 3 is 2.54 bits per heavy atom. The minimum absolute atomic E-state index is 0.260. The lowest BCUT2D eigenvalue weighted by molar-refractivity contribution is 0.244. The summed E-state index contributed by atoms with van der Waals surface area (Å²) in [5.74, 6) is 2.13. The quantitative estimate of drug-likeness (QED) is 0.762. The standard InChI is InChI=1S/C20H24N2O4/c1-24-17-6-4-5-15(13-17)9-11-21-20(23)22-12-10-16-7-8-18(25-2)19(14-16)26-3/h4-9,11,13-14H,10,12H2,1-3H3,(H2,21,22,23)/b11-9+. The SMILES string of the molecule is COc1cccc(/C=C/NC(=O)NCCc2ccc(OC)c(OC)c2)c1. The van der Waals surface area contributed by atoms with Crippen LogP contribution in [0.15, 0.2) is 48.7 Å². The highest BCUT2D eigenvalue weighted by molar-refractivity contribution is 5.75. The second kappa shape index (κ2) is 9.98. The molecular weight excluding hydrogens is 332 g/mol. The van der Waals surface area contributed by atoms with Gasteiger partial charge in [-0.15, -0.1) is 0 Å². The first-order valence-electron chi connectivity index (χ1n) is 8.22. The maximum Gasteiger partial charge on any atom is 0.318 e. The molecule has 0 unspecified atom stereocenters. The fourth-order valence-electron chi connectivity index (χ4n) is 2.37. The number of nitrogens with one attached hydrogen (secondary N) is 2. The zero-order valence-corrected chi connectivity index (χ0v) is 15.2. The fraction of sp³-hybridized carbons (Fsp3) is 0.250. The van der Waals surface area contributed by atoms with Gasteiger partial charge in [0.05, 0.1) is 21.3 Å². The number of ether oxygens (including phenoxy) is 3. The van der Waals surface area contributed by atoms with Crippen LogP contribution < -0.4 is 24.8 Å². The summed E-state index contributed by atoms with van der Waals surface area (Å²) < 4.78 is 15.6. The highest BCUT2D eigenvalue weighted by Crippen LogP contribution is 2.27. The molecule has 0 radical (unpaired) electrons. The van der Waals surface area contributed by atoms with Crippen molar-refractivity contribution in [2.24, 2.45) is 0 Å². The van der Waals surface area contributed by atoms with Gasteiger partial charge in [0.15, 0.2) is 11.5 Å². The number of rotatable bonds is 8. The minimum Gasteiger partial charge on any atom is -0.497 e. The normalized spacial score (nSPS) is 10.4. The first-order chi connectivity index (χ1) is 12.7. The van der Waals surface area contributed by atoms with Crippen LogP contribution in [-0.2, 0) is 6.42 Å². The summed E-state index contributed by atoms with van der Waals surface area (Å²) in [5, 5.41) is 5.49. The molecule has 0 heterocycles. The maximum absolute atomic E-state index is 11.8. The van der Waals surface area contributed by atoms with Gasteiger partial charge in [-0.3, -0.25) is 0 Å². The Balaban J connectivity index is 1.77. The molecule has 138 valence electrons. The van der Waals surface area contributed by atoms with E-state index in [-0.39, 0.29) is 6.03 Å². The average molecular weight is 356 g/mol. The molecule has 6 heteroatoms. The second-order valence-corrected chi connectivity index (χ2v) is 5.45. The lowest BCUT2D eigenvalue weighted by Gasteiger charge is -2.10. The number of methoxy groups -OCH3 is 3. The number of benzene rings is 2. The van der Waals surface area contributed by atoms with Crippen molar-refractivity contribution < 1.29 is 19.0 Å². The lowest BCUT2D eigenvalue weighted by atomic mass is 10.1. The average Bonchev–Trinajstić information content (AvgIpc) is 2.68. The number of amides is 2.